The fourth-order valence-electron chi connectivity index (χ4n) is 2.36. The molecule has 2 unspecified atom stereocenters. The normalized spacial score (nSPS) is 13.3. The smallest absolute Gasteiger partial charge is 0.324 e. The van der Waals surface area contributed by atoms with Gasteiger partial charge in [0.1, 0.15) is 10.8 Å². The van der Waals surface area contributed by atoms with E-state index in [9.17, 15) is 9.59 Å². The Labute approximate surface area is 162 Å². The summed E-state index contributed by atoms with van der Waals surface area (Å²) < 4.78 is 10.3. The Morgan fingerprint density at radius 1 is 0.680 bits per heavy atom. The van der Waals surface area contributed by atoms with E-state index in [2.05, 4.69) is 0 Å². The van der Waals surface area contributed by atoms with Gasteiger partial charge in [-0.05, 0) is 25.7 Å². The predicted octanol–water partition coefficient (Wildman–Crippen LogP) is 5.62. The van der Waals surface area contributed by atoms with Crippen LogP contribution in [-0.4, -0.2) is 35.9 Å². The van der Waals surface area contributed by atoms with Gasteiger partial charge in [-0.1, -0.05) is 58.8 Å². The lowest BCUT2D eigenvalue weighted by Crippen LogP contribution is -2.18. The van der Waals surface area contributed by atoms with Crippen molar-refractivity contribution in [1.29, 1.82) is 0 Å². The molecule has 4 nitrogen and oxygen atoms in total. The second-order valence-electron chi connectivity index (χ2n) is 6.32. The molecule has 0 bridgehead atoms. The number of alkyl halides is 2. The third-order valence-electron chi connectivity index (χ3n) is 3.87. The number of carbonyl (C=O) groups excluding carboxylic acids is 2. The summed E-state index contributed by atoms with van der Waals surface area (Å²) in [5, 5.41) is -1.01. The van der Waals surface area contributed by atoms with Crippen molar-refractivity contribution in [3.05, 3.63) is 0 Å². The standard InChI is InChI=1S/C19H34Cl2O4/c1-3-12-16(20)18(22)24-14-10-8-6-5-7-9-11-15-25-19(23)17(21)13-4-2/h16-17H,3-15H2,1-2H3. The maximum Gasteiger partial charge on any atom is 0.324 e. The molecule has 0 spiro atoms. The minimum atomic E-state index is -0.504. The van der Waals surface area contributed by atoms with E-state index >= 15 is 0 Å². The molecule has 0 amide bonds. The Kier molecular flexibility index (Phi) is 16.6. The Morgan fingerprint density at radius 2 is 1.00 bits per heavy atom. The lowest BCUT2D eigenvalue weighted by molar-refractivity contribution is -0.144. The van der Waals surface area contributed by atoms with Crippen molar-refractivity contribution in [2.75, 3.05) is 13.2 Å². The molecule has 0 saturated heterocycles. The van der Waals surface area contributed by atoms with Crippen LogP contribution in [0.4, 0.5) is 0 Å². The van der Waals surface area contributed by atoms with Crippen molar-refractivity contribution in [2.24, 2.45) is 0 Å². The van der Waals surface area contributed by atoms with Gasteiger partial charge in [-0.15, -0.1) is 23.2 Å². The second kappa shape index (κ2) is 17.0. The quantitative estimate of drug-likeness (QED) is 0.193. The Bertz CT molecular complexity index is 318. The average molecular weight is 397 g/mol. The summed E-state index contributed by atoms with van der Waals surface area (Å²) in [6.45, 7) is 4.90. The molecule has 6 heteroatoms. The van der Waals surface area contributed by atoms with E-state index in [1.54, 1.807) is 0 Å². The topological polar surface area (TPSA) is 52.6 Å². The van der Waals surface area contributed by atoms with Crippen molar-refractivity contribution in [1.82, 2.24) is 0 Å². The van der Waals surface area contributed by atoms with E-state index in [0.717, 1.165) is 57.8 Å². The number of rotatable bonds is 16. The Hall–Kier alpha value is -0.480. The molecule has 0 saturated carbocycles. The van der Waals surface area contributed by atoms with E-state index in [1.165, 1.54) is 0 Å². The zero-order chi connectivity index (χ0) is 18.9. The highest BCUT2D eigenvalue weighted by atomic mass is 35.5. The molecule has 0 aliphatic heterocycles. The lowest BCUT2D eigenvalue weighted by Gasteiger charge is -2.09. The van der Waals surface area contributed by atoms with Gasteiger partial charge >= 0.3 is 11.9 Å². The zero-order valence-corrected chi connectivity index (χ0v) is 17.2. The summed E-state index contributed by atoms with van der Waals surface area (Å²) in [6.07, 6.45) is 10.3. The fourth-order valence-corrected chi connectivity index (χ4v) is 2.92. The van der Waals surface area contributed by atoms with Crippen LogP contribution in [0.5, 0.6) is 0 Å². The van der Waals surface area contributed by atoms with Gasteiger partial charge in [0.2, 0.25) is 0 Å². The monoisotopic (exact) mass is 396 g/mol. The van der Waals surface area contributed by atoms with E-state index in [0.29, 0.717) is 26.1 Å². The summed E-state index contributed by atoms with van der Waals surface area (Å²) in [5.74, 6) is -0.590. The lowest BCUT2D eigenvalue weighted by atomic mass is 10.1. The molecule has 0 fully saturated rings. The Morgan fingerprint density at radius 3 is 1.32 bits per heavy atom. The van der Waals surface area contributed by atoms with Gasteiger partial charge in [0.15, 0.2) is 0 Å². The first-order chi connectivity index (χ1) is 12.0. The number of unbranched alkanes of at least 4 members (excludes halogenated alkanes) is 6. The fraction of sp³-hybridized carbons (Fsp3) is 0.895. The summed E-state index contributed by atoms with van der Waals surface area (Å²) in [6, 6.07) is 0. The van der Waals surface area contributed by atoms with E-state index < -0.39 is 10.8 Å². The third-order valence-corrected chi connectivity index (χ3v) is 4.67. The first kappa shape index (κ1) is 24.5. The first-order valence-corrected chi connectivity index (χ1v) is 10.5. The maximum atomic E-state index is 11.5. The highest BCUT2D eigenvalue weighted by molar-refractivity contribution is 6.30. The molecule has 0 rings (SSSR count). The molecule has 0 aromatic heterocycles. The van der Waals surface area contributed by atoms with Crippen LogP contribution < -0.4 is 0 Å². The van der Waals surface area contributed by atoms with Gasteiger partial charge in [0.05, 0.1) is 13.2 Å². The summed E-state index contributed by atoms with van der Waals surface area (Å²) in [7, 11) is 0. The van der Waals surface area contributed by atoms with E-state index in [1.807, 2.05) is 13.8 Å². The highest BCUT2D eigenvalue weighted by Crippen LogP contribution is 2.11. The van der Waals surface area contributed by atoms with Crippen LogP contribution in [0.2, 0.25) is 0 Å². The third kappa shape index (κ3) is 14.4. The van der Waals surface area contributed by atoms with Crippen molar-refractivity contribution < 1.29 is 19.1 Å². The van der Waals surface area contributed by atoms with Crippen LogP contribution in [0.3, 0.4) is 0 Å². The van der Waals surface area contributed by atoms with Crippen LogP contribution in [0.15, 0.2) is 0 Å². The molecular formula is C19H34Cl2O4. The molecule has 0 heterocycles. The molecule has 0 aliphatic rings. The first-order valence-electron chi connectivity index (χ1n) is 9.64. The van der Waals surface area contributed by atoms with Gasteiger partial charge in [-0.25, -0.2) is 0 Å². The average Bonchev–Trinajstić information content (AvgIpc) is 2.59. The van der Waals surface area contributed by atoms with Gasteiger partial charge in [0, 0.05) is 0 Å². The van der Waals surface area contributed by atoms with E-state index in [-0.39, 0.29) is 11.9 Å². The number of hydrogen-bond donors (Lipinski definition) is 0. The predicted molar refractivity (Wildman–Crippen MR) is 103 cm³/mol. The second-order valence-corrected chi connectivity index (χ2v) is 7.38. The molecule has 25 heavy (non-hydrogen) atoms. The molecule has 0 aromatic carbocycles. The number of esters is 2. The zero-order valence-electron chi connectivity index (χ0n) is 15.7. The van der Waals surface area contributed by atoms with Crippen LogP contribution in [0.25, 0.3) is 0 Å². The summed E-state index contributed by atoms with van der Waals surface area (Å²) in [4.78, 5) is 23.0. The number of halogens is 2. The highest BCUT2D eigenvalue weighted by Gasteiger charge is 2.15. The molecule has 2 atom stereocenters. The summed E-state index contributed by atoms with van der Waals surface area (Å²) >= 11 is 11.8. The molecule has 0 N–H and O–H groups in total. The van der Waals surface area contributed by atoms with Crippen molar-refractivity contribution in [3.8, 4) is 0 Å². The molecule has 0 radical (unpaired) electrons. The molecule has 148 valence electrons. The number of carbonyl (C=O) groups is 2. The largest absolute Gasteiger partial charge is 0.465 e. The van der Waals surface area contributed by atoms with Gasteiger partial charge < -0.3 is 9.47 Å². The Balaban J connectivity index is 3.34. The van der Waals surface area contributed by atoms with Gasteiger partial charge in [0.25, 0.3) is 0 Å². The van der Waals surface area contributed by atoms with Crippen LogP contribution in [-0.2, 0) is 19.1 Å². The van der Waals surface area contributed by atoms with Crippen molar-refractivity contribution in [2.45, 2.75) is 95.2 Å². The maximum absolute atomic E-state index is 11.5. The van der Waals surface area contributed by atoms with E-state index in [4.69, 9.17) is 32.7 Å². The number of ether oxygens (including phenoxy) is 2. The minimum absolute atomic E-state index is 0.295. The SMILES string of the molecule is CCCC(Cl)C(=O)OCCCCCCCCCOC(=O)C(Cl)CCC. The van der Waals surface area contributed by atoms with Crippen LogP contribution >= 0.6 is 23.2 Å². The van der Waals surface area contributed by atoms with Crippen LogP contribution in [0, 0.1) is 0 Å². The van der Waals surface area contributed by atoms with Gasteiger partial charge in [-0.3, -0.25) is 9.59 Å². The van der Waals surface area contributed by atoms with Gasteiger partial charge in [-0.2, -0.15) is 0 Å². The minimum Gasteiger partial charge on any atom is -0.465 e. The summed E-state index contributed by atoms with van der Waals surface area (Å²) in [5.41, 5.74) is 0. The van der Waals surface area contributed by atoms with Crippen molar-refractivity contribution >= 4 is 35.1 Å². The molecule has 0 aromatic rings. The van der Waals surface area contributed by atoms with Crippen LogP contribution in [0.1, 0.15) is 84.5 Å². The molecular weight excluding hydrogens is 363 g/mol. The number of hydrogen-bond acceptors (Lipinski definition) is 4. The molecule has 0 aliphatic carbocycles. The van der Waals surface area contributed by atoms with Crippen molar-refractivity contribution in [3.63, 3.8) is 0 Å².